The lowest BCUT2D eigenvalue weighted by Gasteiger charge is -2.16. The van der Waals surface area contributed by atoms with Gasteiger partial charge in [-0.1, -0.05) is 0 Å². The quantitative estimate of drug-likeness (QED) is 0.357. The molecule has 5 rings (SSSR count). The number of pyridine rings is 2. The van der Waals surface area contributed by atoms with Gasteiger partial charge in [0.2, 0.25) is 0 Å². The average molecular weight is 520 g/mol. The van der Waals surface area contributed by atoms with Gasteiger partial charge in [0.15, 0.2) is 5.65 Å². The zero-order valence-corrected chi connectivity index (χ0v) is 19.0. The van der Waals surface area contributed by atoms with Crippen molar-refractivity contribution < 1.29 is 26.3 Å². The molecular formula is C23H18F6N8. The van der Waals surface area contributed by atoms with Crippen molar-refractivity contribution in [2.75, 3.05) is 18.4 Å². The second kappa shape index (κ2) is 9.50. The third-order valence-electron chi connectivity index (χ3n) is 5.78. The molecule has 0 spiro atoms. The molecule has 1 fully saturated rings. The van der Waals surface area contributed by atoms with E-state index in [9.17, 15) is 26.3 Å². The van der Waals surface area contributed by atoms with Crippen molar-refractivity contribution in [2.24, 2.45) is 0 Å². The molecule has 0 amide bonds. The number of alkyl halides is 6. The fourth-order valence-electron chi connectivity index (χ4n) is 4.03. The number of fused-ring (bicyclic) bond motifs is 1. The van der Waals surface area contributed by atoms with Crippen LogP contribution in [0.3, 0.4) is 0 Å². The molecule has 192 valence electrons. The number of halogens is 6. The van der Waals surface area contributed by atoms with E-state index in [0.29, 0.717) is 24.1 Å². The number of anilines is 2. The van der Waals surface area contributed by atoms with Crippen molar-refractivity contribution in [1.82, 2.24) is 35.0 Å². The predicted molar refractivity (Wildman–Crippen MR) is 120 cm³/mol. The summed E-state index contributed by atoms with van der Waals surface area (Å²) in [6, 6.07) is 4.54. The number of likely N-dealkylation sites (tertiary alicyclic amines) is 1. The van der Waals surface area contributed by atoms with Crippen LogP contribution in [0.2, 0.25) is 0 Å². The molecule has 0 bridgehead atoms. The van der Waals surface area contributed by atoms with Gasteiger partial charge in [-0.2, -0.15) is 31.4 Å². The molecule has 1 N–H and O–H groups in total. The minimum Gasteiger partial charge on any atom is -0.338 e. The highest BCUT2D eigenvalue weighted by atomic mass is 19.4. The molecule has 0 atom stereocenters. The maximum Gasteiger partial charge on any atom is 0.418 e. The molecule has 4 aromatic rings. The summed E-state index contributed by atoms with van der Waals surface area (Å²) in [4.78, 5) is 19.1. The standard InChI is InChI=1S/C23H18F6N8/c24-22(25,26)13-3-4-18(30-10-13)34-16-9-14(12-37-7-1-2-8-37)33-21-20(16)31-11-17(35-21)19-15(23(27,28)29)5-6-32-36-19/h3-6,9-11H,1-2,7-8,12H2,(H,30,33,34,35). The number of nitrogens with zero attached hydrogens (tertiary/aromatic N) is 7. The van der Waals surface area contributed by atoms with Crippen LogP contribution in [-0.2, 0) is 18.9 Å². The van der Waals surface area contributed by atoms with Crippen molar-refractivity contribution >= 4 is 22.7 Å². The first-order valence-electron chi connectivity index (χ1n) is 11.2. The third-order valence-corrected chi connectivity index (χ3v) is 5.78. The smallest absolute Gasteiger partial charge is 0.338 e. The minimum absolute atomic E-state index is 0.0439. The largest absolute Gasteiger partial charge is 0.418 e. The topological polar surface area (TPSA) is 92.6 Å². The number of aromatic nitrogens is 6. The van der Waals surface area contributed by atoms with Crippen molar-refractivity contribution in [3.05, 3.63) is 59.7 Å². The van der Waals surface area contributed by atoms with Gasteiger partial charge in [-0.3, -0.25) is 4.90 Å². The maximum atomic E-state index is 13.5. The van der Waals surface area contributed by atoms with E-state index in [1.165, 1.54) is 6.07 Å². The van der Waals surface area contributed by atoms with Gasteiger partial charge in [0, 0.05) is 12.7 Å². The Bertz CT molecular complexity index is 1420. The molecule has 1 aliphatic rings. The van der Waals surface area contributed by atoms with E-state index in [1.807, 2.05) is 0 Å². The number of rotatable bonds is 5. The lowest BCUT2D eigenvalue weighted by atomic mass is 10.1. The molecule has 0 unspecified atom stereocenters. The van der Waals surface area contributed by atoms with Crippen molar-refractivity contribution in [3.8, 4) is 11.4 Å². The highest BCUT2D eigenvalue weighted by molar-refractivity contribution is 5.88. The van der Waals surface area contributed by atoms with Gasteiger partial charge in [0.1, 0.15) is 22.7 Å². The fourth-order valence-corrected chi connectivity index (χ4v) is 4.03. The minimum atomic E-state index is -4.69. The summed E-state index contributed by atoms with van der Waals surface area (Å²) < 4.78 is 79.3. The van der Waals surface area contributed by atoms with E-state index in [-0.39, 0.29) is 22.7 Å². The number of hydrogen-bond acceptors (Lipinski definition) is 8. The first-order valence-corrected chi connectivity index (χ1v) is 11.2. The van der Waals surface area contributed by atoms with Crippen LogP contribution < -0.4 is 5.32 Å². The maximum absolute atomic E-state index is 13.5. The molecule has 4 aromatic heterocycles. The Labute approximate surface area is 205 Å². The van der Waals surface area contributed by atoms with Gasteiger partial charge in [-0.15, -0.1) is 5.10 Å². The van der Waals surface area contributed by atoms with Crippen LogP contribution in [-0.4, -0.2) is 48.1 Å². The van der Waals surface area contributed by atoms with Gasteiger partial charge in [-0.05, 0) is 50.2 Å². The van der Waals surface area contributed by atoms with E-state index in [4.69, 9.17) is 0 Å². The highest BCUT2D eigenvalue weighted by Gasteiger charge is 2.35. The molecule has 1 saturated heterocycles. The fraction of sp³-hybridized carbons (Fsp3) is 0.304. The van der Waals surface area contributed by atoms with Gasteiger partial charge in [0.25, 0.3) is 0 Å². The Kier molecular flexibility index (Phi) is 6.35. The normalized spacial score (nSPS) is 14.9. The van der Waals surface area contributed by atoms with Gasteiger partial charge in [0.05, 0.1) is 34.9 Å². The van der Waals surface area contributed by atoms with E-state index in [2.05, 4.69) is 40.3 Å². The van der Waals surface area contributed by atoms with E-state index in [1.54, 1.807) is 6.07 Å². The van der Waals surface area contributed by atoms with E-state index in [0.717, 1.165) is 50.5 Å². The second-order valence-corrected chi connectivity index (χ2v) is 8.42. The monoisotopic (exact) mass is 520 g/mol. The zero-order chi connectivity index (χ0) is 26.2. The number of nitrogens with one attached hydrogen (secondary N) is 1. The Hall–Kier alpha value is -3.94. The SMILES string of the molecule is FC(F)(F)c1ccc(Nc2cc(CN3CCCC3)nc3nc(-c4nnccc4C(F)(F)F)cnc23)nc1. The molecular weight excluding hydrogens is 502 g/mol. The van der Waals surface area contributed by atoms with Gasteiger partial charge >= 0.3 is 12.4 Å². The molecule has 1 aliphatic heterocycles. The summed E-state index contributed by atoms with van der Waals surface area (Å²) in [6.07, 6.45) is -4.40. The van der Waals surface area contributed by atoms with Crippen LogP contribution in [0.15, 0.2) is 42.9 Å². The average Bonchev–Trinajstić information content (AvgIpc) is 3.36. The lowest BCUT2D eigenvalue weighted by molar-refractivity contribution is -0.138. The molecule has 0 aliphatic carbocycles. The molecule has 0 saturated carbocycles. The van der Waals surface area contributed by atoms with Crippen molar-refractivity contribution in [3.63, 3.8) is 0 Å². The summed E-state index contributed by atoms with van der Waals surface area (Å²) in [5.41, 5.74) is -1.42. The highest BCUT2D eigenvalue weighted by Crippen LogP contribution is 2.35. The summed E-state index contributed by atoms with van der Waals surface area (Å²) in [7, 11) is 0. The molecule has 5 heterocycles. The predicted octanol–water partition coefficient (Wildman–Crippen LogP) is 5.25. The summed E-state index contributed by atoms with van der Waals surface area (Å²) >= 11 is 0. The van der Waals surface area contributed by atoms with Gasteiger partial charge in [-0.25, -0.2) is 19.9 Å². The molecule has 0 aromatic carbocycles. The Morgan fingerprint density at radius 1 is 0.892 bits per heavy atom. The van der Waals surface area contributed by atoms with Crippen LogP contribution >= 0.6 is 0 Å². The van der Waals surface area contributed by atoms with E-state index >= 15 is 0 Å². The first kappa shape index (κ1) is 24.7. The molecule has 8 nitrogen and oxygen atoms in total. The first-order chi connectivity index (χ1) is 17.6. The summed E-state index contributed by atoms with van der Waals surface area (Å²) in [5, 5.41) is 10.1. The molecule has 37 heavy (non-hydrogen) atoms. The Morgan fingerprint density at radius 3 is 2.35 bits per heavy atom. The van der Waals surface area contributed by atoms with Crippen LogP contribution in [0.1, 0.15) is 29.7 Å². The number of hydrogen-bond donors (Lipinski definition) is 1. The summed E-state index contributed by atoms with van der Waals surface area (Å²) in [5.74, 6) is 0.117. The van der Waals surface area contributed by atoms with Crippen LogP contribution in [0.5, 0.6) is 0 Å². The van der Waals surface area contributed by atoms with E-state index < -0.39 is 29.2 Å². The van der Waals surface area contributed by atoms with Crippen LogP contribution in [0.25, 0.3) is 22.6 Å². The van der Waals surface area contributed by atoms with Crippen molar-refractivity contribution in [2.45, 2.75) is 31.7 Å². The van der Waals surface area contributed by atoms with Crippen LogP contribution in [0.4, 0.5) is 37.8 Å². The molecule has 14 heteroatoms. The van der Waals surface area contributed by atoms with Crippen molar-refractivity contribution in [1.29, 1.82) is 0 Å². The third kappa shape index (κ3) is 5.43. The zero-order valence-electron chi connectivity index (χ0n) is 19.0. The summed E-state index contributed by atoms with van der Waals surface area (Å²) in [6.45, 7) is 2.18. The Morgan fingerprint density at radius 2 is 1.68 bits per heavy atom. The second-order valence-electron chi connectivity index (χ2n) is 8.42. The van der Waals surface area contributed by atoms with Crippen LogP contribution in [0, 0.1) is 0 Å². The lowest BCUT2D eigenvalue weighted by Crippen LogP contribution is -2.19. The van der Waals surface area contributed by atoms with Gasteiger partial charge < -0.3 is 5.32 Å². The Balaban J connectivity index is 1.57. The molecule has 0 radical (unpaired) electrons.